The average molecular weight is 568 g/mol. The molecule has 0 spiro atoms. The van der Waals surface area contributed by atoms with Crippen LogP contribution in [0.2, 0.25) is 0 Å². The minimum Gasteiger partial charge on any atom is -0.494 e. The highest BCUT2D eigenvalue weighted by atomic mass is 32.5. The highest BCUT2D eigenvalue weighted by molar-refractivity contribution is 8.45. The maximum absolute atomic E-state index is 13.4. The molecule has 0 amide bonds. The summed E-state index contributed by atoms with van der Waals surface area (Å²) in [5.74, 6) is 0.412. The molecule has 0 radical (unpaired) electrons. The summed E-state index contributed by atoms with van der Waals surface area (Å²) in [7, 11) is -8.58. The molecule has 0 unspecified atom stereocenters. The Morgan fingerprint density at radius 1 is 1.13 bits per heavy atom. The van der Waals surface area contributed by atoms with Gasteiger partial charge in [-0.15, -0.1) is 0 Å². The van der Waals surface area contributed by atoms with Crippen molar-refractivity contribution in [1.29, 1.82) is 5.26 Å². The number of aryl methyl sites for hydroxylation is 1. The second-order valence-corrected chi connectivity index (χ2v) is 11.0. The number of halogens is 5. The maximum atomic E-state index is 13.4. The van der Waals surface area contributed by atoms with Gasteiger partial charge in [0.1, 0.15) is 22.4 Å². The van der Waals surface area contributed by atoms with Crippen LogP contribution in [-0.4, -0.2) is 32.9 Å². The number of aromatic nitrogens is 3. The molecule has 0 aliphatic carbocycles. The van der Waals surface area contributed by atoms with Crippen LogP contribution >= 0.6 is 10.2 Å². The number of benzene rings is 2. The predicted molar refractivity (Wildman–Crippen MR) is 137 cm³/mol. The van der Waals surface area contributed by atoms with Crippen LogP contribution in [0.15, 0.2) is 76.9 Å². The van der Waals surface area contributed by atoms with E-state index in [1.54, 1.807) is 35.3 Å². The van der Waals surface area contributed by atoms with Gasteiger partial charge in [-0.05, 0) is 42.8 Å². The van der Waals surface area contributed by atoms with Crippen LogP contribution < -0.4 is 15.6 Å². The predicted octanol–water partition coefficient (Wildman–Crippen LogP) is 6.21. The molecule has 206 valence electrons. The zero-order valence-electron chi connectivity index (χ0n) is 20.5. The summed E-state index contributed by atoms with van der Waals surface area (Å²) in [5, 5.41) is 22.4. The molecule has 4 rings (SSSR count). The van der Waals surface area contributed by atoms with Gasteiger partial charge in [0.05, 0.1) is 43.0 Å². The molecule has 39 heavy (non-hydrogen) atoms. The standard InChI is InChI=1S/C25H22F5N5O3S/c1-16-12-34(15-32-16)22-7-6-19(10-24(22)38-2)33-21-8-17(11-31)13-35(25(21)37)23(14-36)18-4-3-5-20(9-18)39(26,27,28,29)30/h3-10,12-13,15,23,33,36H,14H2,1-2H3/t23-/m0/s1. The van der Waals surface area contributed by atoms with Crippen molar-refractivity contribution in [3.63, 3.8) is 0 Å². The number of aliphatic hydroxyl groups excluding tert-OH is 1. The number of ether oxygens (including phenoxy) is 1. The van der Waals surface area contributed by atoms with Crippen molar-refractivity contribution in [1.82, 2.24) is 14.1 Å². The fourth-order valence-electron chi connectivity index (χ4n) is 3.98. The number of pyridine rings is 1. The lowest BCUT2D eigenvalue weighted by atomic mass is 10.1. The summed E-state index contributed by atoms with van der Waals surface area (Å²) < 4.78 is 75.0. The van der Waals surface area contributed by atoms with Crippen LogP contribution in [0.3, 0.4) is 0 Å². The first kappa shape index (κ1) is 27.7. The minimum atomic E-state index is -10.0. The van der Waals surface area contributed by atoms with Gasteiger partial charge >= 0.3 is 10.2 Å². The monoisotopic (exact) mass is 567 g/mol. The molecule has 2 heterocycles. The summed E-state index contributed by atoms with van der Waals surface area (Å²) in [4.78, 5) is 15.4. The first-order chi connectivity index (χ1) is 18.1. The second-order valence-electron chi connectivity index (χ2n) is 8.64. The van der Waals surface area contributed by atoms with Gasteiger partial charge in [-0.25, -0.2) is 4.98 Å². The molecule has 0 bridgehead atoms. The van der Waals surface area contributed by atoms with E-state index in [4.69, 9.17) is 4.74 Å². The van der Waals surface area contributed by atoms with E-state index in [9.17, 15) is 34.6 Å². The number of imidazole rings is 1. The van der Waals surface area contributed by atoms with E-state index in [0.717, 1.165) is 28.6 Å². The molecule has 0 fully saturated rings. The maximum Gasteiger partial charge on any atom is 0.310 e. The zero-order valence-corrected chi connectivity index (χ0v) is 21.3. The van der Waals surface area contributed by atoms with E-state index >= 15 is 0 Å². The Balaban J connectivity index is 1.77. The smallest absolute Gasteiger partial charge is 0.310 e. The van der Waals surface area contributed by atoms with Gasteiger partial charge in [-0.3, -0.25) is 4.79 Å². The zero-order chi connectivity index (χ0) is 28.7. The Labute approximate surface area is 219 Å². The highest BCUT2D eigenvalue weighted by Crippen LogP contribution is 3.02. The molecule has 0 saturated carbocycles. The van der Waals surface area contributed by atoms with Crippen molar-refractivity contribution in [2.75, 3.05) is 19.0 Å². The Hall–Kier alpha value is -4.35. The van der Waals surface area contributed by atoms with Crippen LogP contribution in [0.5, 0.6) is 5.75 Å². The summed E-state index contributed by atoms with van der Waals surface area (Å²) >= 11 is 0. The first-order valence-electron chi connectivity index (χ1n) is 11.2. The summed E-state index contributed by atoms with van der Waals surface area (Å²) in [6.45, 7) is 0.906. The number of nitrogens with zero attached hydrogens (tertiary/aromatic N) is 4. The Bertz CT molecular complexity index is 1660. The molecule has 1 atom stereocenters. The number of nitriles is 1. The molecule has 2 aromatic heterocycles. The molecule has 0 aliphatic heterocycles. The summed E-state index contributed by atoms with van der Waals surface area (Å²) in [5.41, 5.74) is 0.358. The number of aliphatic hydroxyl groups is 1. The highest BCUT2D eigenvalue weighted by Gasteiger charge is 2.65. The van der Waals surface area contributed by atoms with Crippen molar-refractivity contribution in [3.8, 4) is 17.5 Å². The lowest BCUT2D eigenvalue weighted by Gasteiger charge is -2.40. The summed E-state index contributed by atoms with van der Waals surface area (Å²) in [6, 6.07) is 8.73. The molecule has 2 aromatic carbocycles. The molecular weight excluding hydrogens is 545 g/mol. The van der Waals surface area contributed by atoms with Crippen molar-refractivity contribution < 1.29 is 29.3 Å². The fraction of sp³-hybridized carbons (Fsp3) is 0.160. The van der Waals surface area contributed by atoms with Crippen LogP contribution in [0, 0.1) is 18.3 Å². The number of hydrogen-bond acceptors (Lipinski definition) is 6. The van der Waals surface area contributed by atoms with E-state index in [2.05, 4.69) is 10.3 Å². The van der Waals surface area contributed by atoms with Crippen molar-refractivity contribution in [2.24, 2.45) is 0 Å². The third-order valence-corrected chi connectivity index (χ3v) is 6.96. The number of methoxy groups -OCH3 is 1. The van der Waals surface area contributed by atoms with Gasteiger partial charge < -0.3 is 24.3 Å². The van der Waals surface area contributed by atoms with E-state index in [1.165, 1.54) is 13.2 Å². The molecule has 4 aromatic rings. The van der Waals surface area contributed by atoms with Crippen molar-refractivity contribution >= 4 is 21.6 Å². The third-order valence-electron chi connectivity index (χ3n) is 5.82. The van der Waals surface area contributed by atoms with E-state index < -0.39 is 38.9 Å². The van der Waals surface area contributed by atoms with Gasteiger partial charge in [-0.1, -0.05) is 31.6 Å². The van der Waals surface area contributed by atoms with E-state index in [1.807, 2.05) is 13.0 Å². The van der Waals surface area contributed by atoms with Crippen LogP contribution in [0.4, 0.5) is 30.8 Å². The van der Waals surface area contributed by atoms with E-state index in [-0.39, 0.29) is 23.4 Å². The van der Waals surface area contributed by atoms with Crippen LogP contribution in [-0.2, 0) is 0 Å². The lowest BCUT2D eigenvalue weighted by molar-refractivity contribution is 0.246. The van der Waals surface area contributed by atoms with E-state index in [0.29, 0.717) is 17.1 Å². The van der Waals surface area contributed by atoms with Gasteiger partial charge in [0, 0.05) is 24.1 Å². The Morgan fingerprint density at radius 3 is 2.46 bits per heavy atom. The normalized spacial score (nSPS) is 14.1. The molecule has 0 aliphatic rings. The SMILES string of the molecule is COc1cc(Nc2cc(C#N)cn([C@@H](CO)c3cccc(S(F)(F)(F)(F)F)c3)c2=O)ccc1-n1cnc(C)c1. The second kappa shape index (κ2) is 9.14. The third kappa shape index (κ3) is 5.89. The largest absolute Gasteiger partial charge is 0.494 e. The number of anilines is 2. The number of hydrogen-bond donors (Lipinski definition) is 2. The van der Waals surface area contributed by atoms with Gasteiger partial charge in [0.25, 0.3) is 5.56 Å². The van der Waals surface area contributed by atoms with Gasteiger partial charge in [0.15, 0.2) is 0 Å². The van der Waals surface area contributed by atoms with Gasteiger partial charge in [-0.2, -0.15) is 5.26 Å². The quantitative estimate of drug-likeness (QED) is 0.246. The average Bonchev–Trinajstić information content (AvgIpc) is 3.31. The fourth-order valence-corrected chi connectivity index (χ4v) is 4.67. The molecular formula is C25H22F5N5O3S. The van der Waals surface area contributed by atoms with Crippen LogP contribution in [0.25, 0.3) is 5.69 Å². The van der Waals surface area contributed by atoms with Crippen LogP contribution in [0.1, 0.15) is 22.9 Å². The Morgan fingerprint density at radius 2 is 1.87 bits per heavy atom. The van der Waals surface area contributed by atoms with Crippen molar-refractivity contribution in [2.45, 2.75) is 17.9 Å². The topological polar surface area (TPSA) is 105 Å². The lowest BCUT2D eigenvalue weighted by Crippen LogP contribution is -2.29. The molecule has 14 heteroatoms. The van der Waals surface area contributed by atoms with Gasteiger partial charge in [0.2, 0.25) is 0 Å². The number of nitrogens with one attached hydrogen (secondary N) is 1. The van der Waals surface area contributed by atoms with Crippen molar-refractivity contribution in [3.05, 3.63) is 94.4 Å². The Kier molecular flexibility index (Phi) is 6.49. The number of rotatable bonds is 8. The summed E-state index contributed by atoms with van der Waals surface area (Å²) in [6.07, 6.45) is 4.40. The first-order valence-corrected chi connectivity index (χ1v) is 13.2. The molecule has 0 saturated heterocycles. The minimum absolute atomic E-state index is 0.0723. The molecule has 8 nitrogen and oxygen atoms in total. The molecule has 2 N–H and O–H groups in total.